The largest absolute Gasteiger partial charge is 0.438 e. The molecule has 3 aromatic rings. The van der Waals surface area contributed by atoms with Gasteiger partial charge in [-0.05, 0) is 55.0 Å². The van der Waals surface area contributed by atoms with Crippen LogP contribution in [0.5, 0.6) is 11.6 Å². The number of benzene rings is 2. The summed E-state index contributed by atoms with van der Waals surface area (Å²) in [7, 11) is 0. The van der Waals surface area contributed by atoms with Gasteiger partial charge < -0.3 is 10.1 Å². The minimum Gasteiger partial charge on any atom is -0.438 e. The highest BCUT2D eigenvalue weighted by Crippen LogP contribution is 2.21. The lowest BCUT2D eigenvalue weighted by molar-refractivity contribution is -0.115. The zero-order valence-electron chi connectivity index (χ0n) is 13.6. The van der Waals surface area contributed by atoms with Crippen molar-refractivity contribution in [3.8, 4) is 11.6 Å². The van der Waals surface area contributed by atoms with Crippen LogP contribution in [-0.2, 0) is 11.2 Å². The van der Waals surface area contributed by atoms with Gasteiger partial charge in [0.25, 0.3) is 0 Å². The average molecular weight is 354 g/mol. The molecule has 0 aliphatic heterocycles. The van der Waals surface area contributed by atoms with Crippen molar-refractivity contribution < 1.29 is 9.53 Å². The van der Waals surface area contributed by atoms with E-state index in [4.69, 9.17) is 16.3 Å². The Hall–Kier alpha value is -2.92. The fourth-order valence-electron chi connectivity index (χ4n) is 2.16. The molecular formula is C19H16ClN3O2. The highest BCUT2D eigenvalue weighted by molar-refractivity contribution is 6.30. The van der Waals surface area contributed by atoms with Gasteiger partial charge in [0.05, 0.1) is 12.1 Å². The molecule has 0 aliphatic rings. The molecule has 25 heavy (non-hydrogen) atoms. The third kappa shape index (κ3) is 5.02. The van der Waals surface area contributed by atoms with Crippen LogP contribution < -0.4 is 10.1 Å². The van der Waals surface area contributed by atoms with Crippen molar-refractivity contribution in [1.82, 2.24) is 10.2 Å². The molecule has 0 aliphatic carbocycles. The number of amides is 1. The predicted octanol–water partition coefficient (Wildman–Crippen LogP) is 4.41. The van der Waals surface area contributed by atoms with Crippen LogP contribution in [0.4, 0.5) is 5.69 Å². The van der Waals surface area contributed by atoms with Gasteiger partial charge in [-0.2, -0.15) is 5.10 Å². The number of hydrogen-bond acceptors (Lipinski definition) is 4. The molecule has 0 saturated carbocycles. The Balaban J connectivity index is 1.57. The first-order valence-corrected chi connectivity index (χ1v) is 8.09. The van der Waals surface area contributed by atoms with E-state index in [9.17, 15) is 4.79 Å². The zero-order valence-corrected chi connectivity index (χ0v) is 14.3. The molecule has 5 nitrogen and oxygen atoms in total. The van der Waals surface area contributed by atoms with Crippen molar-refractivity contribution in [2.45, 2.75) is 13.3 Å². The number of hydrogen-bond donors (Lipinski definition) is 1. The first kappa shape index (κ1) is 16.9. The van der Waals surface area contributed by atoms with Crippen LogP contribution in [0.2, 0.25) is 5.02 Å². The Labute approximate surface area is 150 Å². The topological polar surface area (TPSA) is 64.1 Å². The molecule has 6 heteroatoms. The fraction of sp³-hybridized carbons (Fsp3) is 0.105. The molecule has 1 aromatic heterocycles. The lowest BCUT2D eigenvalue weighted by Crippen LogP contribution is -2.14. The monoisotopic (exact) mass is 353 g/mol. The Kier molecular flexibility index (Phi) is 5.26. The number of aryl methyl sites for hydroxylation is 1. The molecule has 0 saturated heterocycles. The normalized spacial score (nSPS) is 10.3. The van der Waals surface area contributed by atoms with Crippen molar-refractivity contribution in [2.24, 2.45) is 0 Å². The highest BCUT2D eigenvalue weighted by Gasteiger charge is 2.05. The van der Waals surface area contributed by atoms with Crippen molar-refractivity contribution in [3.05, 3.63) is 76.9 Å². The molecule has 126 valence electrons. The van der Waals surface area contributed by atoms with Gasteiger partial charge in [0.1, 0.15) is 5.75 Å². The van der Waals surface area contributed by atoms with Crippen LogP contribution in [0, 0.1) is 6.92 Å². The van der Waals surface area contributed by atoms with Crippen LogP contribution in [0.15, 0.2) is 60.7 Å². The maximum Gasteiger partial charge on any atom is 0.238 e. The van der Waals surface area contributed by atoms with Crippen molar-refractivity contribution in [3.63, 3.8) is 0 Å². The minimum absolute atomic E-state index is 0.0969. The minimum atomic E-state index is -0.0969. The van der Waals surface area contributed by atoms with Crippen LogP contribution in [0.25, 0.3) is 0 Å². The first-order valence-electron chi connectivity index (χ1n) is 7.71. The summed E-state index contributed by atoms with van der Waals surface area (Å²) in [6, 6.07) is 17.9. The lowest BCUT2D eigenvalue weighted by Gasteiger charge is -2.08. The summed E-state index contributed by atoms with van der Waals surface area (Å²) in [4.78, 5) is 12.1. The third-order valence-electron chi connectivity index (χ3n) is 3.41. The van der Waals surface area contributed by atoms with Crippen LogP contribution >= 0.6 is 11.6 Å². The maximum absolute atomic E-state index is 12.1. The Bertz CT molecular complexity index is 847. The summed E-state index contributed by atoms with van der Waals surface area (Å²) in [6.45, 7) is 1.86. The number of ether oxygens (including phenoxy) is 1. The predicted molar refractivity (Wildman–Crippen MR) is 97.1 cm³/mol. The summed E-state index contributed by atoms with van der Waals surface area (Å²) in [5.74, 6) is 0.944. The average Bonchev–Trinajstić information content (AvgIpc) is 2.61. The number of carbonyl (C=O) groups excluding carboxylic acids is 1. The van der Waals surface area contributed by atoms with Gasteiger partial charge in [-0.15, -0.1) is 5.10 Å². The summed E-state index contributed by atoms with van der Waals surface area (Å²) in [6.07, 6.45) is 0.286. The molecule has 0 spiro atoms. The van der Waals surface area contributed by atoms with Crippen molar-refractivity contribution in [1.29, 1.82) is 0 Å². The van der Waals surface area contributed by atoms with Gasteiger partial charge in [0.2, 0.25) is 11.8 Å². The smallest absolute Gasteiger partial charge is 0.238 e. The molecule has 1 heterocycles. The number of anilines is 1. The van der Waals surface area contributed by atoms with Gasteiger partial charge in [0, 0.05) is 16.8 Å². The lowest BCUT2D eigenvalue weighted by atomic mass is 10.1. The van der Waals surface area contributed by atoms with Gasteiger partial charge >= 0.3 is 0 Å². The third-order valence-corrected chi connectivity index (χ3v) is 3.66. The second-order valence-electron chi connectivity index (χ2n) is 5.49. The SMILES string of the molecule is Cc1ccc(Oc2ccc(NC(=O)Cc3ccc(Cl)cc3)cc2)nn1. The number of carbonyl (C=O) groups is 1. The van der Waals surface area contributed by atoms with Crippen molar-refractivity contribution >= 4 is 23.2 Å². The van der Waals surface area contributed by atoms with Crippen LogP contribution in [-0.4, -0.2) is 16.1 Å². The van der Waals surface area contributed by atoms with E-state index in [1.807, 2.05) is 25.1 Å². The van der Waals surface area contributed by atoms with E-state index in [1.165, 1.54) is 0 Å². The molecule has 3 rings (SSSR count). The Morgan fingerprint density at radius 3 is 2.36 bits per heavy atom. The second-order valence-corrected chi connectivity index (χ2v) is 5.93. The van der Waals surface area contributed by atoms with Gasteiger partial charge in [-0.1, -0.05) is 23.7 Å². The van der Waals surface area contributed by atoms with E-state index in [2.05, 4.69) is 15.5 Å². The molecule has 1 amide bonds. The molecule has 0 bridgehead atoms. The summed E-state index contributed by atoms with van der Waals surface area (Å²) < 4.78 is 5.60. The molecule has 0 atom stereocenters. The molecular weight excluding hydrogens is 338 g/mol. The van der Waals surface area contributed by atoms with E-state index < -0.39 is 0 Å². The van der Waals surface area contributed by atoms with Gasteiger partial charge in [-0.25, -0.2) is 0 Å². The van der Waals surface area contributed by atoms with E-state index in [1.54, 1.807) is 42.5 Å². The highest BCUT2D eigenvalue weighted by atomic mass is 35.5. The standard InChI is InChI=1S/C19H16ClN3O2/c1-13-2-11-19(23-22-13)25-17-9-7-16(8-10-17)21-18(24)12-14-3-5-15(20)6-4-14/h2-11H,12H2,1H3,(H,21,24). The summed E-state index contributed by atoms with van der Waals surface area (Å²) >= 11 is 5.84. The molecule has 2 aromatic carbocycles. The number of nitrogens with zero attached hydrogens (tertiary/aromatic N) is 2. The summed E-state index contributed by atoms with van der Waals surface area (Å²) in [5.41, 5.74) is 2.42. The van der Waals surface area contributed by atoms with E-state index >= 15 is 0 Å². The molecule has 1 N–H and O–H groups in total. The quantitative estimate of drug-likeness (QED) is 0.737. The van der Waals surface area contributed by atoms with Gasteiger partial charge in [0.15, 0.2) is 0 Å². The Morgan fingerprint density at radius 2 is 1.72 bits per heavy atom. The van der Waals surface area contributed by atoms with Crippen molar-refractivity contribution in [2.75, 3.05) is 5.32 Å². The number of halogens is 1. The molecule has 0 unspecified atom stereocenters. The van der Waals surface area contributed by atoms with E-state index in [0.29, 0.717) is 22.3 Å². The zero-order chi connectivity index (χ0) is 17.6. The van der Waals surface area contributed by atoms with E-state index in [0.717, 1.165) is 11.3 Å². The molecule has 0 fully saturated rings. The number of aromatic nitrogens is 2. The molecule has 0 radical (unpaired) electrons. The van der Waals surface area contributed by atoms with E-state index in [-0.39, 0.29) is 12.3 Å². The summed E-state index contributed by atoms with van der Waals surface area (Å²) in [5, 5.41) is 11.4. The maximum atomic E-state index is 12.1. The Morgan fingerprint density at radius 1 is 1.00 bits per heavy atom. The first-order chi connectivity index (χ1) is 12.1. The van der Waals surface area contributed by atoms with Gasteiger partial charge in [-0.3, -0.25) is 4.79 Å². The fourth-order valence-corrected chi connectivity index (χ4v) is 2.29. The second kappa shape index (κ2) is 7.77. The number of rotatable bonds is 5. The van der Waals surface area contributed by atoms with Crippen LogP contribution in [0.3, 0.4) is 0 Å². The van der Waals surface area contributed by atoms with Crippen LogP contribution in [0.1, 0.15) is 11.3 Å². The number of nitrogens with one attached hydrogen (secondary N) is 1.